The number of ether oxygens (including phenoxy) is 1. The van der Waals surface area contributed by atoms with Crippen LogP contribution in [0.2, 0.25) is 0 Å². The van der Waals surface area contributed by atoms with Gasteiger partial charge in [0.15, 0.2) is 0 Å². The standard InChI is InChI=1S/C11H15F2NO/c1-7-5-4-6-8(11(2,3)14)9(7)15-10(12)13/h4-6,10H,14H2,1-3H3. The van der Waals surface area contributed by atoms with Crippen molar-refractivity contribution in [1.82, 2.24) is 0 Å². The van der Waals surface area contributed by atoms with Gasteiger partial charge in [0.1, 0.15) is 5.75 Å². The van der Waals surface area contributed by atoms with E-state index in [2.05, 4.69) is 4.74 Å². The second-order valence-corrected chi connectivity index (χ2v) is 4.05. The Hall–Kier alpha value is -1.16. The van der Waals surface area contributed by atoms with Crippen LogP contribution >= 0.6 is 0 Å². The molecule has 0 atom stereocenters. The summed E-state index contributed by atoms with van der Waals surface area (Å²) >= 11 is 0. The number of alkyl halides is 2. The van der Waals surface area contributed by atoms with E-state index in [0.29, 0.717) is 11.1 Å². The molecule has 0 fully saturated rings. The van der Waals surface area contributed by atoms with E-state index in [0.717, 1.165) is 0 Å². The smallest absolute Gasteiger partial charge is 0.387 e. The maximum absolute atomic E-state index is 12.2. The fourth-order valence-corrected chi connectivity index (χ4v) is 1.41. The molecule has 4 heteroatoms. The van der Waals surface area contributed by atoms with E-state index in [4.69, 9.17) is 5.73 Å². The Labute approximate surface area is 88.0 Å². The molecule has 2 N–H and O–H groups in total. The van der Waals surface area contributed by atoms with Crippen molar-refractivity contribution in [3.8, 4) is 5.75 Å². The number of benzene rings is 1. The first-order valence-electron chi connectivity index (χ1n) is 4.66. The van der Waals surface area contributed by atoms with Gasteiger partial charge < -0.3 is 10.5 Å². The summed E-state index contributed by atoms with van der Waals surface area (Å²) in [6.07, 6.45) is 0. The number of aryl methyl sites for hydroxylation is 1. The average molecular weight is 215 g/mol. The Morgan fingerprint density at radius 1 is 1.33 bits per heavy atom. The van der Waals surface area contributed by atoms with Crippen LogP contribution in [-0.2, 0) is 5.54 Å². The predicted octanol–water partition coefficient (Wildman–Crippen LogP) is 2.79. The molecule has 0 aliphatic heterocycles. The molecule has 0 aliphatic rings. The summed E-state index contributed by atoms with van der Waals surface area (Å²) in [6, 6.07) is 5.19. The minimum Gasteiger partial charge on any atom is -0.434 e. The van der Waals surface area contributed by atoms with Crippen molar-refractivity contribution in [1.29, 1.82) is 0 Å². The minimum atomic E-state index is -2.83. The van der Waals surface area contributed by atoms with Crippen molar-refractivity contribution in [2.75, 3.05) is 0 Å². The first kappa shape index (κ1) is 11.9. The van der Waals surface area contributed by atoms with Crippen LogP contribution in [0.3, 0.4) is 0 Å². The van der Waals surface area contributed by atoms with Crippen LogP contribution in [-0.4, -0.2) is 6.61 Å². The summed E-state index contributed by atoms with van der Waals surface area (Å²) in [7, 11) is 0. The van der Waals surface area contributed by atoms with E-state index in [-0.39, 0.29) is 5.75 Å². The lowest BCUT2D eigenvalue weighted by molar-refractivity contribution is -0.0513. The van der Waals surface area contributed by atoms with Crippen molar-refractivity contribution in [3.05, 3.63) is 29.3 Å². The van der Waals surface area contributed by atoms with Crippen LogP contribution in [0.5, 0.6) is 5.75 Å². The predicted molar refractivity (Wildman–Crippen MR) is 55.0 cm³/mol. The number of hydrogen-bond acceptors (Lipinski definition) is 2. The highest BCUT2D eigenvalue weighted by Crippen LogP contribution is 2.31. The highest BCUT2D eigenvalue weighted by Gasteiger charge is 2.22. The molecule has 0 aliphatic carbocycles. The zero-order valence-electron chi connectivity index (χ0n) is 9.05. The lowest BCUT2D eigenvalue weighted by atomic mass is 9.93. The second-order valence-electron chi connectivity index (χ2n) is 4.05. The van der Waals surface area contributed by atoms with Gasteiger partial charge in [-0.05, 0) is 26.3 Å². The monoisotopic (exact) mass is 215 g/mol. The fraction of sp³-hybridized carbons (Fsp3) is 0.455. The number of hydrogen-bond donors (Lipinski definition) is 1. The normalized spacial score (nSPS) is 11.9. The van der Waals surface area contributed by atoms with E-state index in [1.165, 1.54) is 0 Å². The third kappa shape index (κ3) is 2.89. The minimum absolute atomic E-state index is 0.181. The van der Waals surface area contributed by atoms with Gasteiger partial charge >= 0.3 is 6.61 Å². The lowest BCUT2D eigenvalue weighted by Crippen LogP contribution is -2.29. The van der Waals surface area contributed by atoms with Crippen LogP contribution < -0.4 is 10.5 Å². The van der Waals surface area contributed by atoms with Crippen molar-refractivity contribution in [3.63, 3.8) is 0 Å². The van der Waals surface area contributed by atoms with Gasteiger partial charge in [-0.25, -0.2) is 0 Å². The molecule has 1 aromatic rings. The van der Waals surface area contributed by atoms with Crippen LogP contribution in [0, 0.1) is 6.92 Å². The molecule has 15 heavy (non-hydrogen) atoms. The maximum Gasteiger partial charge on any atom is 0.387 e. The highest BCUT2D eigenvalue weighted by atomic mass is 19.3. The molecule has 0 heterocycles. The third-order valence-corrected chi connectivity index (χ3v) is 2.11. The van der Waals surface area contributed by atoms with E-state index in [1.807, 2.05) is 0 Å². The van der Waals surface area contributed by atoms with Crippen molar-refractivity contribution >= 4 is 0 Å². The largest absolute Gasteiger partial charge is 0.434 e. The van der Waals surface area contributed by atoms with E-state index in [1.54, 1.807) is 39.0 Å². The van der Waals surface area contributed by atoms with Crippen LogP contribution in [0.1, 0.15) is 25.0 Å². The Bertz CT molecular complexity index is 345. The maximum atomic E-state index is 12.2. The van der Waals surface area contributed by atoms with Gasteiger partial charge in [-0.15, -0.1) is 0 Å². The van der Waals surface area contributed by atoms with Crippen LogP contribution in [0.25, 0.3) is 0 Å². The Balaban J connectivity index is 3.21. The first-order chi connectivity index (χ1) is 6.82. The molecule has 2 nitrogen and oxygen atoms in total. The zero-order valence-corrected chi connectivity index (χ0v) is 9.05. The second kappa shape index (κ2) is 4.14. The molecular formula is C11H15F2NO. The molecule has 0 saturated carbocycles. The zero-order chi connectivity index (χ0) is 11.6. The SMILES string of the molecule is Cc1cccc(C(C)(C)N)c1OC(F)F. The summed E-state index contributed by atoms with van der Waals surface area (Å²) in [6.45, 7) is 2.39. The van der Waals surface area contributed by atoms with Gasteiger partial charge in [0.2, 0.25) is 0 Å². The van der Waals surface area contributed by atoms with Gasteiger partial charge in [0.05, 0.1) is 0 Å². The van der Waals surface area contributed by atoms with Crippen LogP contribution in [0.15, 0.2) is 18.2 Å². The van der Waals surface area contributed by atoms with E-state index >= 15 is 0 Å². The molecule has 0 bridgehead atoms. The average Bonchev–Trinajstić information content (AvgIpc) is 2.05. The van der Waals surface area contributed by atoms with Gasteiger partial charge in [0, 0.05) is 11.1 Å². The number of rotatable bonds is 3. The molecule has 0 saturated heterocycles. The molecule has 0 unspecified atom stereocenters. The highest BCUT2D eigenvalue weighted by molar-refractivity contribution is 5.44. The Morgan fingerprint density at radius 2 is 1.93 bits per heavy atom. The summed E-state index contributed by atoms with van der Waals surface area (Å²) in [5, 5.41) is 0. The van der Waals surface area contributed by atoms with Crippen LogP contribution in [0.4, 0.5) is 8.78 Å². The van der Waals surface area contributed by atoms with E-state index < -0.39 is 12.2 Å². The Morgan fingerprint density at radius 3 is 2.40 bits per heavy atom. The molecule has 1 aromatic carbocycles. The molecule has 0 spiro atoms. The topological polar surface area (TPSA) is 35.2 Å². The summed E-state index contributed by atoms with van der Waals surface area (Å²) in [4.78, 5) is 0. The quantitative estimate of drug-likeness (QED) is 0.841. The van der Waals surface area contributed by atoms with E-state index in [9.17, 15) is 8.78 Å². The first-order valence-corrected chi connectivity index (χ1v) is 4.66. The molecular weight excluding hydrogens is 200 g/mol. The Kier molecular flexibility index (Phi) is 3.29. The summed E-state index contributed by atoms with van der Waals surface area (Å²) in [5.41, 5.74) is 6.42. The molecule has 84 valence electrons. The van der Waals surface area contributed by atoms with Crippen molar-refractivity contribution < 1.29 is 13.5 Å². The third-order valence-electron chi connectivity index (χ3n) is 2.11. The fourth-order valence-electron chi connectivity index (χ4n) is 1.41. The molecule has 1 rings (SSSR count). The summed E-state index contributed by atoms with van der Waals surface area (Å²) in [5.74, 6) is 0.181. The van der Waals surface area contributed by atoms with Gasteiger partial charge in [0.25, 0.3) is 0 Å². The number of nitrogens with two attached hydrogens (primary N) is 1. The molecule has 0 amide bonds. The van der Waals surface area contributed by atoms with Crippen molar-refractivity contribution in [2.24, 2.45) is 5.73 Å². The van der Waals surface area contributed by atoms with Gasteiger partial charge in [-0.2, -0.15) is 8.78 Å². The molecule has 0 radical (unpaired) electrons. The number of para-hydroxylation sites is 1. The summed E-state index contributed by atoms with van der Waals surface area (Å²) < 4.78 is 28.9. The van der Waals surface area contributed by atoms with Crippen molar-refractivity contribution in [2.45, 2.75) is 32.9 Å². The van der Waals surface area contributed by atoms with Gasteiger partial charge in [-0.1, -0.05) is 18.2 Å². The molecule has 0 aromatic heterocycles. The van der Waals surface area contributed by atoms with Gasteiger partial charge in [-0.3, -0.25) is 0 Å². The lowest BCUT2D eigenvalue weighted by Gasteiger charge is -2.23. The number of halogens is 2.